The Labute approximate surface area is 70.4 Å². The van der Waals surface area contributed by atoms with Gasteiger partial charge >= 0.3 is 5.97 Å². The Balaban J connectivity index is 2.19. The third kappa shape index (κ3) is 3.05. The molecule has 0 amide bonds. The minimum Gasteiger partial charge on any atom is -0.367 e. The molecule has 1 fully saturated rings. The normalized spacial score (nSPS) is 19.7. The predicted molar refractivity (Wildman–Crippen MR) is 41.3 cm³/mol. The van der Waals surface area contributed by atoms with Crippen LogP contribution >= 0.6 is 11.6 Å². The van der Waals surface area contributed by atoms with Gasteiger partial charge in [-0.2, -0.15) is 0 Å². The first-order chi connectivity index (χ1) is 5.33. The summed E-state index contributed by atoms with van der Waals surface area (Å²) in [5.41, 5.74) is 0. The minimum atomic E-state index is -0.381. The largest absolute Gasteiger partial charge is 0.367 e. The molecule has 0 aromatic rings. The van der Waals surface area contributed by atoms with Crippen LogP contribution in [-0.4, -0.2) is 43.1 Å². The highest BCUT2D eigenvalue weighted by Crippen LogP contribution is 1.94. The maximum atomic E-state index is 10.7. The van der Waals surface area contributed by atoms with Crippen LogP contribution in [0, 0.1) is 0 Å². The summed E-state index contributed by atoms with van der Waals surface area (Å²) in [4.78, 5) is 15.5. The average molecular weight is 179 g/mol. The van der Waals surface area contributed by atoms with E-state index in [1.807, 2.05) is 0 Å². The van der Waals surface area contributed by atoms with Gasteiger partial charge in [0.25, 0.3) is 0 Å². The fraction of sp³-hybridized carbons (Fsp3) is 0.833. The number of rotatable bonds is 2. The van der Waals surface area contributed by atoms with Crippen LogP contribution in [0.15, 0.2) is 0 Å². The van der Waals surface area contributed by atoms with Gasteiger partial charge in [-0.05, 0) is 0 Å². The Morgan fingerprint density at radius 3 is 2.73 bits per heavy atom. The molecule has 1 rings (SSSR count). The van der Waals surface area contributed by atoms with E-state index in [-0.39, 0.29) is 11.8 Å². The van der Waals surface area contributed by atoms with Gasteiger partial charge in [0.15, 0.2) is 0 Å². The number of alkyl halides is 1. The van der Waals surface area contributed by atoms with Crippen molar-refractivity contribution in [1.82, 2.24) is 10.4 Å². The summed E-state index contributed by atoms with van der Waals surface area (Å²) in [7, 11) is 0. The molecule has 0 unspecified atom stereocenters. The second-order valence-electron chi connectivity index (χ2n) is 2.28. The van der Waals surface area contributed by atoms with Gasteiger partial charge in [-0.3, -0.25) is 0 Å². The lowest BCUT2D eigenvalue weighted by atomic mass is 10.4. The molecule has 11 heavy (non-hydrogen) atoms. The molecule has 0 aromatic carbocycles. The Morgan fingerprint density at radius 1 is 1.55 bits per heavy atom. The van der Waals surface area contributed by atoms with Gasteiger partial charge in [-0.1, -0.05) is 0 Å². The van der Waals surface area contributed by atoms with Gasteiger partial charge in [0.05, 0.1) is 0 Å². The summed E-state index contributed by atoms with van der Waals surface area (Å²) in [5, 5.41) is 4.77. The maximum Gasteiger partial charge on any atom is 0.339 e. The van der Waals surface area contributed by atoms with Crippen LogP contribution in [0.4, 0.5) is 0 Å². The van der Waals surface area contributed by atoms with Crippen molar-refractivity contribution in [3.8, 4) is 0 Å². The first kappa shape index (κ1) is 8.77. The molecule has 0 atom stereocenters. The van der Waals surface area contributed by atoms with Crippen LogP contribution in [0.25, 0.3) is 0 Å². The van der Waals surface area contributed by atoms with E-state index < -0.39 is 0 Å². The fourth-order valence-electron chi connectivity index (χ4n) is 0.904. The lowest BCUT2D eigenvalue weighted by Gasteiger charge is -2.25. The molecular formula is C6H11ClN2O2. The van der Waals surface area contributed by atoms with E-state index in [2.05, 4.69) is 5.32 Å². The molecule has 0 aromatic heterocycles. The zero-order chi connectivity index (χ0) is 8.10. The Bertz CT molecular complexity index is 137. The number of nitrogens with one attached hydrogen (secondary N) is 1. The number of carbonyl (C=O) groups is 1. The summed E-state index contributed by atoms with van der Waals surface area (Å²) in [6, 6.07) is 0. The second-order valence-corrected chi connectivity index (χ2v) is 2.54. The molecule has 1 aliphatic heterocycles. The number of hydroxylamine groups is 2. The molecule has 1 N–H and O–H groups in total. The van der Waals surface area contributed by atoms with Gasteiger partial charge in [-0.15, -0.1) is 16.7 Å². The van der Waals surface area contributed by atoms with E-state index >= 15 is 0 Å². The molecular weight excluding hydrogens is 168 g/mol. The monoisotopic (exact) mass is 178 g/mol. The highest BCUT2D eigenvalue weighted by atomic mass is 35.5. The third-order valence-electron chi connectivity index (χ3n) is 1.42. The summed E-state index contributed by atoms with van der Waals surface area (Å²) in [6.45, 7) is 3.19. The SMILES string of the molecule is O=C(CCl)ON1CCNCC1. The van der Waals surface area contributed by atoms with Crippen LogP contribution < -0.4 is 5.32 Å². The van der Waals surface area contributed by atoms with Crippen molar-refractivity contribution in [2.45, 2.75) is 0 Å². The average Bonchev–Trinajstić information content (AvgIpc) is 2.06. The molecule has 64 valence electrons. The standard InChI is InChI=1S/C6H11ClN2O2/c7-5-6(10)11-9-3-1-8-2-4-9/h8H,1-5H2. The minimum absolute atomic E-state index is 0.0794. The summed E-state index contributed by atoms with van der Waals surface area (Å²) in [5.74, 6) is -0.460. The van der Waals surface area contributed by atoms with E-state index in [4.69, 9.17) is 16.4 Å². The highest BCUT2D eigenvalue weighted by molar-refractivity contribution is 6.26. The van der Waals surface area contributed by atoms with Gasteiger partial charge < -0.3 is 10.2 Å². The zero-order valence-corrected chi connectivity index (χ0v) is 6.93. The molecule has 5 heteroatoms. The zero-order valence-electron chi connectivity index (χ0n) is 6.18. The number of carbonyl (C=O) groups excluding carboxylic acids is 1. The summed E-state index contributed by atoms with van der Waals surface area (Å²) in [6.07, 6.45) is 0. The van der Waals surface area contributed by atoms with Crippen LogP contribution in [0.2, 0.25) is 0 Å². The lowest BCUT2D eigenvalue weighted by Crippen LogP contribution is -2.44. The topological polar surface area (TPSA) is 41.6 Å². The van der Waals surface area contributed by atoms with E-state index in [0.29, 0.717) is 0 Å². The molecule has 1 heterocycles. The molecule has 0 aliphatic carbocycles. The van der Waals surface area contributed by atoms with E-state index in [0.717, 1.165) is 26.2 Å². The Morgan fingerprint density at radius 2 is 2.18 bits per heavy atom. The number of nitrogens with zero attached hydrogens (tertiary/aromatic N) is 1. The van der Waals surface area contributed by atoms with E-state index in [1.54, 1.807) is 5.06 Å². The van der Waals surface area contributed by atoms with Crippen molar-refractivity contribution in [2.75, 3.05) is 32.1 Å². The lowest BCUT2D eigenvalue weighted by molar-refractivity contribution is -0.189. The molecule has 4 nitrogen and oxygen atoms in total. The van der Waals surface area contributed by atoms with E-state index in [9.17, 15) is 4.79 Å². The van der Waals surface area contributed by atoms with Crippen molar-refractivity contribution < 1.29 is 9.63 Å². The molecule has 0 bridgehead atoms. The fourth-order valence-corrected chi connectivity index (χ4v) is 0.953. The second kappa shape index (κ2) is 4.54. The highest BCUT2D eigenvalue weighted by Gasteiger charge is 2.13. The third-order valence-corrected chi connectivity index (χ3v) is 1.63. The Hall–Kier alpha value is -0.320. The molecule has 1 saturated heterocycles. The number of piperazine rings is 1. The van der Waals surface area contributed by atoms with Crippen molar-refractivity contribution in [1.29, 1.82) is 0 Å². The van der Waals surface area contributed by atoms with Gasteiger partial charge in [0, 0.05) is 26.2 Å². The number of hydrogen-bond acceptors (Lipinski definition) is 4. The van der Waals surface area contributed by atoms with Crippen LogP contribution in [0.3, 0.4) is 0 Å². The smallest absolute Gasteiger partial charge is 0.339 e. The quantitative estimate of drug-likeness (QED) is 0.584. The van der Waals surface area contributed by atoms with Crippen LogP contribution in [0.5, 0.6) is 0 Å². The van der Waals surface area contributed by atoms with E-state index in [1.165, 1.54) is 0 Å². The molecule has 0 saturated carbocycles. The predicted octanol–water partition coefficient (Wildman–Crippen LogP) is -0.411. The maximum absolute atomic E-state index is 10.7. The number of hydrogen-bond donors (Lipinski definition) is 1. The summed E-state index contributed by atoms with van der Waals surface area (Å²) >= 11 is 5.25. The van der Waals surface area contributed by atoms with Gasteiger partial charge in [0.1, 0.15) is 5.88 Å². The van der Waals surface area contributed by atoms with Crippen molar-refractivity contribution in [3.05, 3.63) is 0 Å². The summed E-state index contributed by atoms with van der Waals surface area (Å²) < 4.78 is 0. The van der Waals surface area contributed by atoms with Gasteiger partial charge in [-0.25, -0.2) is 4.79 Å². The van der Waals surface area contributed by atoms with Gasteiger partial charge in [0.2, 0.25) is 0 Å². The van der Waals surface area contributed by atoms with Crippen molar-refractivity contribution in [3.63, 3.8) is 0 Å². The Kier molecular flexibility index (Phi) is 3.62. The van der Waals surface area contributed by atoms with Crippen LogP contribution in [-0.2, 0) is 9.63 Å². The molecule has 0 spiro atoms. The van der Waals surface area contributed by atoms with Crippen LogP contribution in [0.1, 0.15) is 0 Å². The first-order valence-electron chi connectivity index (χ1n) is 3.55. The first-order valence-corrected chi connectivity index (χ1v) is 4.09. The molecule has 1 aliphatic rings. The number of halogens is 1. The van der Waals surface area contributed by atoms with Crippen molar-refractivity contribution >= 4 is 17.6 Å². The molecule has 0 radical (unpaired) electrons. The van der Waals surface area contributed by atoms with Crippen molar-refractivity contribution in [2.24, 2.45) is 0 Å².